The summed E-state index contributed by atoms with van der Waals surface area (Å²) in [6.45, 7) is 10.7. The highest BCUT2D eigenvalue weighted by Crippen LogP contribution is 2.25. The molecule has 1 atom stereocenters. The van der Waals surface area contributed by atoms with Crippen molar-refractivity contribution in [2.45, 2.75) is 66.5 Å². The molecule has 2 aromatic rings. The summed E-state index contributed by atoms with van der Waals surface area (Å²) in [5.41, 5.74) is 0.941. The number of carbonyl (C=O) groups is 1. The van der Waals surface area contributed by atoms with Gasteiger partial charge in [-0.2, -0.15) is 0 Å². The molecule has 0 spiro atoms. The monoisotopic (exact) mass is 349 g/mol. The van der Waals surface area contributed by atoms with Crippen LogP contribution < -0.4 is 10.9 Å². The molecule has 2 heterocycles. The van der Waals surface area contributed by atoms with Crippen LogP contribution in [0.3, 0.4) is 0 Å². The van der Waals surface area contributed by atoms with Crippen molar-refractivity contribution in [3.63, 3.8) is 0 Å². The van der Waals surface area contributed by atoms with Crippen molar-refractivity contribution < 1.29 is 4.79 Å². The molecule has 1 N–H and O–H groups in total. The third kappa shape index (κ3) is 4.44. The van der Waals surface area contributed by atoms with Gasteiger partial charge in [-0.05, 0) is 45.1 Å². The molecule has 5 nitrogen and oxygen atoms in total. The summed E-state index contributed by atoms with van der Waals surface area (Å²) in [7, 11) is 0. The average Bonchev–Trinajstić information content (AvgIpc) is 2.80. The predicted molar refractivity (Wildman–Crippen MR) is 99.6 cm³/mol. The Morgan fingerprint density at radius 1 is 1.29 bits per heavy atom. The fourth-order valence-electron chi connectivity index (χ4n) is 2.65. The fourth-order valence-corrected chi connectivity index (χ4v) is 3.64. The van der Waals surface area contributed by atoms with Gasteiger partial charge in [-0.15, -0.1) is 11.3 Å². The van der Waals surface area contributed by atoms with Crippen molar-refractivity contribution >= 4 is 27.5 Å². The predicted octanol–water partition coefficient (Wildman–Crippen LogP) is 3.41. The zero-order chi connectivity index (χ0) is 17.9. The third-order valence-corrected chi connectivity index (χ3v) is 5.44. The average molecular weight is 350 g/mol. The Bertz CT molecular complexity index is 776. The molecule has 0 bridgehead atoms. The van der Waals surface area contributed by atoms with E-state index in [9.17, 15) is 9.59 Å². The summed E-state index contributed by atoms with van der Waals surface area (Å²) in [6.07, 6.45) is 3.92. The first-order valence-corrected chi connectivity index (χ1v) is 9.35. The zero-order valence-electron chi connectivity index (χ0n) is 15.2. The molecule has 1 amide bonds. The number of hydrogen-bond donors (Lipinski definition) is 1. The quantitative estimate of drug-likeness (QED) is 0.833. The molecule has 132 valence electrons. The fraction of sp³-hybridized carbons (Fsp3) is 0.611. The number of nitrogens with one attached hydrogen (secondary N) is 1. The summed E-state index contributed by atoms with van der Waals surface area (Å²) >= 11 is 1.54. The number of aryl methyl sites for hydroxylation is 3. The van der Waals surface area contributed by atoms with Gasteiger partial charge in [0.15, 0.2) is 0 Å². The maximum Gasteiger partial charge on any atom is 0.262 e. The van der Waals surface area contributed by atoms with Crippen LogP contribution in [0, 0.1) is 19.8 Å². The number of rotatable bonds is 7. The van der Waals surface area contributed by atoms with Crippen LogP contribution in [0.5, 0.6) is 0 Å². The van der Waals surface area contributed by atoms with Crippen molar-refractivity contribution in [1.29, 1.82) is 0 Å². The summed E-state index contributed by atoms with van der Waals surface area (Å²) in [6, 6.07) is 0.166. The minimum absolute atomic E-state index is 0.0172. The number of hydrogen-bond acceptors (Lipinski definition) is 4. The maximum atomic E-state index is 12.6. The van der Waals surface area contributed by atoms with E-state index in [0.29, 0.717) is 24.3 Å². The SMILES string of the molecule is Cc1sc2ncn(CCC(=O)NC(C)CCC(C)C)c(=O)c2c1C. The van der Waals surface area contributed by atoms with Gasteiger partial charge in [0.1, 0.15) is 4.83 Å². The number of fused-ring (bicyclic) bond motifs is 1. The lowest BCUT2D eigenvalue weighted by molar-refractivity contribution is -0.122. The second-order valence-corrected chi connectivity index (χ2v) is 8.10. The molecule has 0 aliphatic heterocycles. The molecule has 0 aliphatic carbocycles. The molecule has 24 heavy (non-hydrogen) atoms. The Morgan fingerprint density at radius 3 is 2.67 bits per heavy atom. The largest absolute Gasteiger partial charge is 0.354 e. The van der Waals surface area contributed by atoms with Crippen LogP contribution in [0.4, 0.5) is 0 Å². The van der Waals surface area contributed by atoms with E-state index >= 15 is 0 Å². The molecule has 0 saturated carbocycles. The van der Waals surface area contributed by atoms with Crippen LogP contribution in [0.25, 0.3) is 10.2 Å². The van der Waals surface area contributed by atoms with E-state index in [2.05, 4.69) is 24.1 Å². The number of aromatic nitrogens is 2. The molecule has 0 aliphatic rings. The summed E-state index contributed by atoms with van der Waals surface area (Å²) in [5, 5.41) is 3.69. The second kappa shape index (κ2) is 7.92. The van der Waals surface area contributed by atoms with E-state index in [4.69, 9.17) is 0 Å². The Morgan fingerprint density at radius 2 is 2.00 bits per heavy atom. The van der Waals surface area contributed by atoms with E-state index < -0.39 is 0 Å². The Labute approximate surface area is 147 Å². The molecular formula is C18H27N3O2S. The maximum absolute atomic E-state index is 12.6. The van der Waals surface area contributed by atoms with Gasteiger partial charge in [0.05, 0.1) is 11.7 Å². The number of amides is 1. The van der Waals surface area contributed by atoms with E-state index in [-0.39, 0.29) is 17.5 Å². The van der Waals surface area contributed by atoms with Gasteiger partial charge in [0.25, 0.3) is 5.56 Å². The first kappa shape index (κ1) is 18.6. The minimum atomic E-state index is -0.0532. The molecule has 0 radical (unpaired) electrons. The number of nitrogens with zero attached hydrogens (tertiary/aromatic N) is 2. The van der Waals surface area contributed by atoms with Gasteiger partial charge < -0.3 is 5.32 Å². The first-order chi connectivity index (χ1) is 11.3. The molecule has 6 heteroatoms. The van der Waals surface area contributed by atoms with Crippen LogP contribution in [0.2, 0.25) is 0 Å². The van der Waals surface area contributed by atoms with Crippen LogP contribution in [0.1, 0.15) is 50.5 Å². The van der Waals surface area contributed by atoms with Gasteiger partial charge in [-0.25, -0.2) is 4.98 Å². The Balaban J connectivity index is 1.98. The van der Waals surface area contributed by atoms with Crippen molar-refractivity contribution in [1.82, 2.24) is 14.9 Å². The number of carbonyl (C=O) groups excluding carboxylic acids is 1. The molecule has 2 aromatic heterocycles. The normalized spacial score (nSPS) is 12.8. The third-order valence-electron chi connectivity index (χ3n) is 4.32. The smallest absolute Gasteiger partial charge is 0.262 e. The molecule has 0 fully saturated rings. The lowest BCUT2D eigenvalue weighted by Gasteiger charge is -2.15. The number of thiophene rings is 1. The standard InChI is InChI=1S/C18H27N3O2S/c1-11(2)6-7-12(3)20-15(22)8-9-21-10-19-17-16(18(21)23)13(4)14(5)24-17/h10-12H,6-9H2,1-5H3,(H,20,22). The highest BCUT2D eigenvalue weighted by atomic mass is 32.1. The topological polar surface area (TPSA) is 64.0 Å². The molecule has 0 aromatic carbocycles. The molecule has 1 unspecified atom stereocenters. The van der Waals surface area contributed by atoms with E-state index in [0.717, 1.165) is 28.1 Å². The van der Waals surface area contributed by atoms with Gasteiger partial charge in [0.2, 0.25) is 5.91 Å². The second-order valence-electron chi connectivity index (χ2n) is 6.90. The lowest BCUT2D eigenvalue weighted by Crippen LogP contribution is -2.34. The molecular weight excluding hydrogens is 322 g/mol. The van der Waals surface area contributed by atoms with Crippen molar-refractivity contribution in [2.75, 3.05) is 0 Å². The molecule has 2 rings (SSSR count). The van der Waals surface area contributed by atoms with E-state index in [1.807, 2.05) is 20.8 Å². The van der Waals surface area contributed by atoms with E-state index in [1.165, 1.54) is 11.3 Å². The van der Waals surface area contributed by atoms with Crippen LogP contribution in [-0.4, -0.2) is 21.5 Å². The Hall–Kier alpha value is -1.69. The van der Waals surface area contributed by atoms with Crippen LogP contribution >= 0.6 is 11.3 Å². The summed E-state index contributed by atoms with van der Waals surface area (Å²) in [5.74, 6) is 0.620. The van der Waals surface area contributed by atoms with Gasteiger partial charge in [-0.1, -0.05) is 13.8 Å². The van der Waals surface area contributed by atoms with Crippen LogP contribution in [-0.2, 0) is 11.3 Å². The van der Waals surface area contributed by atoms with Gasteiger partial charge >= 0.3 is 0 Å². The Kier molecular flexibility index (Phi) is 6.15. The van der Waals surface area contributed by atoms with Gasteiger partial charge in [0, 0.05) is 23.9 Å². The molecule has 0 saturated heterocycles. The minimum Gasteiger partial charge on any atom is -0.354 e. The summed E-state index contributed by atoms with van der Waals surface area (Å²) < 4.78 is 1.54. The van der Waals surface area contributed by atoms with Crippen LogP contribution in [0.15, 0.2) is 11.1 Å². The van der Waals surface area contributed by atoms with Gasteiger partial charge in [-0.3, -0.25) is 14.2 Å². The van der Waals surface area contributed by atoms with Crippen molar-refractivity contribution in [3.8, 4) is 0 Å². The van der Waals surface area contributed by atoms with Crippen molar-refractivity contribution in [2.24, 2.45) is 5.92 Å². The lowest BCUT2D eigenvalue weighted by atomic mass is 10.0. The highest BCUT2D eigenvalue weighted by Gasteiger charge is 2.13. The first-order valence-electron chi connectivity index (χ1n) is 8.54. The highest BCUT2D eigenvalue weighted by molar-refractivity contribution is 7.18. The zero-order valence-corrected chi connectivity index (χ0v) is 16.0. The summed E-state index contributed by atoms with van der Waals surface area (Å²) in [4.78, 5) is 30.9. The van der Waals surface area contributed by atoms with E-state index in [1.54, 1.807) is 10.9 Å². The van der Waals surface area contributed by atoms with Crippen molar-refractivity contribution in [3.05, 3.63) is 27.1 Å².